The molecule has 0 aromatic carbocycles. The van der Waals surface area contributed by atoms with Crippen LogP contribution in [-0.2, 0) is 6.54 Å². The van der Waals surface area contributed by atoms with Crippen molar-refractivity contribution in [3.63, 3.8) is 0 Å². The molecular weight excluding hydrogens is 260 g/mol. The molecule has 0 saturated heterocycles. The standard InChI is InChI=1S/C14H24N2S2/c1-11(2)12-9-15-13(17)16(12)10-14(18-3)7-5-4-6-8-14/h9,11H,4-8,10H2,1-3H3,(H,15,17). The number of hydrogen-bond acceptors (Lipinski definition) is 2. The molecule has 4 heteroatoms. The van der Waals surface area contributed by atoms with E-state index < -0.39 is 0 Å². The third-order valence-electron chi connectivity index (χ3n) is 4.14. The first kappa shape index (κ1) is 14.2. The summed E-state index contributed by atoms with van der Waals surface area (Å²) in [6, 6.07) is 0. The van der Waals surface area contributed by atoms with Crippen LogP contribution in [0.2, 0.25) is 0 Å². The van der Waals surface area contributed by atoms with Gasteiger partial charge in [-0.05, 0) is 37.2 Å². The fourth-order valence-corrected chi connectivity index (χ4v) is 4.15. The minimum Gasteiger partial charge on any atom is -0.337 e. The number of hydrogen-bond donors (Lipinski definition) is 1. The Kier molecular flexibility index (Phi) is 4.59. The van der Waals surface area contributed by atoms with Crippen LogP contribution in [0.4, 0.5) is 0 Å². The molecule has 1 fully saturated rings. The molecule has 1 aromatic rings. The lowest BCUT2D eigenvalue weighted by Crippen LogP contribution is -2.33. The molecular formula is C14H24N2S2. The lowest BCUT2D eigenvalue weighted by molar-refractivity contribution is 0.352. The molecule has 0 amide bonds. The molecule has 2 nitrogen and oxygen atoms in total. The number of nitrogens with zero attached hydrogens (tertiary/aromatic N) is 1. The van der Waals surface area contributed by atoms with Crippen molar-refractivity contribution < 1.29 is 0 Å². The molecule has 0 bridgehead atoms. The average Bonchev–Trinajstić information content (AvgIpc) is 2.72. The second kappa shape index (κ2) is 5.83. The van der Waals surface area contributed by atoms with Gasteiger partial charge in [-0.3, -0.25) is 0 Å². The van der Waals surface area contributed by atoms with Crippen molar-refractivity contribution in [2.24, 2.45) is 0 Å². The number of aromatic nitrogens is 2. The molecule has 1 N–H and O–H groups in total. The number of aromatic amines is 1. The zero-order valence-corrected chi connectivity index (χ0v) is 13.3. The zero-order valence-electron chi connectivity index (χ0n) is 11.7. The van der Waals surface area contributed by atoms with Crippen LogP contribution >= 0.6 is 24.0 Å². The summed E-state index contributed by atoms with van der Waals surface area (Å²) in [5.41, 5.74) is 1.35. The summed E-state index contributed by atoms with van der Waals surface area (Å²) in [4.78, 5) is 3.22. The molecule has 1 saturated carbocycles. The number of rotatable bonds is 4. The number of H-pyrrole nitrogens is 1. The Bertz CT molecular complexity index is 439. The van der Waals surface area contributed by atoms with Gasteiger partial charge >= 0.3 is 0 Å². The Morgan fingerprint density at radius 3 is 2.61 bits per heavy atom. The highest BCUT2D eigenvalue weighted by Crippen LogP contribution is 2.40. The number of imidazole rings is 1. The fraction of sp³-hybridized carbons (Fsp3) is 0.786. The van der Waals surface area contributed by atoms with Crippen LogP contribution in [-0.4, -0.2) is 20.6 Å². The first-order valence-corrected chi connectivity index (χ1v) is 8.54. The van der Waals surface area contributed by atoms with E-state index >= 15 is 0 Å². The number of nitrogens with one attached hydrogen (secondary N) is 1. The van der Waals surface area contributed by atoms with Gasteiger partial charge in [0.15, 0.2) is 4.77 Å². The third-order valence-corrected chi connectivity index (χ3v) is 5.88. The van der Waals surface area contributed by atoms with Gasteiger partial charge in [0, 0.05) is 23.2 Å². The molecule has 0 aliphatic heterocycles. The van der Waals surface area contributed by atoms with Crippen LogP contribution in [0.25, 0.3) is 0 Å². The lowest BCUT2D eigenvalue weighted by atomic mass is 9.88. The van der Waals surface area contributed by atoms with E-state index in [1.807, 2.05) is 11.8 Å². The van der Waals surface area contributed by atoms with Gasteiger partial charge in [-0.15, -0.1) is 0 Å². The second-order valence-corrected chi connectivity index (χ2v) is 7.37. The Morgan fingerprint density at radius 1 is 1.39 bits per heavy atom. The predicted molar refractivity (Wildman–Crippen MR) is 83.0 cm³/mol. The molecule has 2 rings (SSSR count). The third kappa shape index (κ3) is 2.85. The molecule has 1 aliphatic rings. The highest BCUT2D eigenvalue weighted by Gasteiger charge is 2.32. The topological polar surface area (TPSA) is 20.7 Å². The quantitative estimate of drug-likeness (QED) is 0.806. The van der Waals surface area contributed by atoms with E-state index in [0.717, 1.165) is 11.3 Å². The van der Waals surface area contributed by atoms with E-state index in [-0.39, 0.29) is 0 Å². The maximum absolute atomic E-state index is 5.46. The van der Waals surface area contributed by atoms with Crippen molar-refractivity contribution in [2.75, 3.05) is 6.26 Å². The minimum absolute atomic E-state index is 0.405. The van der Waals surface area contributed by atoms with E-state index in [2.05, 4.69) is 35.9 Å². The summed E-state index contributed by atoms with van der Waals surface area (Å²) < 4.78 is 3.63. The van der Waals surface area contributed by atoms with Crippen molar-refractivity contribution in [2.45, 2.75) is 63.2 Å². The van der Waals surface area contributed by atoms with Gasteiger partial charge in [0.2, 0.25) is 0 Å². The predicted octanol–water partition coefficient (Wildman–Crippen LogP) is 4.73. The van der Waals surface area contributed by atoms with E-state index in [4.69, 9.17) is 12.2 Å². The van der Waals surface area contributed by atoms with E-state index in [9.17, 15) is 0 Å². The highest BCUT2D eigenvalue weighted by atomic mass is 32.2. The normalized spacial score (nSPS) is 19.3. The summed E-state index contributed by atoms with van der Waals surface area (Å²) in [6.45, 7) is 5.55. The fourth-order valence-electron chi connectivity index (χ4n) is 2.96. The molecule has 0 radical (unpaired) electrons. The largest absolute Gasteiger partial charge is 0.337 e. The van der Waals surface area contributed by atoms with Crippen LogP contribution in [0.1, 0.15) is 57.6 Å². The van der Waals surface area contributed by atoms with E-state index in [1.54, 1.807) is 0 Å². The van der Waals surface area contributed by atoms with Crippen molar-refractivity contribution in [3.05, 3.63) is 16.7 Å². The smallest absolute Gasteiger partial charge is 0.177 e. The summed E-state index contributed by atoms with van der Waals surface area (Å²) in [7, 11) is 0. The van der Waals surface area contributed by atoms with Gasteiger partial charge in [0.05, 0.1) is 0 Å². The molecule has 0 spiro atoms. The van der Waals surface area contributed by atoms with Crippen LogP contribution in [0.5, 0.6) is 0 Å². The Hall–Kier alpha value is -0.220. The van der Waals surface area contributed by atoms with E-state index in [1.165, 1.54) is 37.8 Å². The Balaban J connectivity index is 2.26. The van der Waals surface area contributed by atoms with Crippen LogP contribution in [0.15, 0.2) is 6.20 Å². The molecule has 18 heavy (non-hydrogen) atoms. The number of thioether (sulfide) groups is 1. The monoisotopic (exact) mass is 284 g/mol. The molecule has 0 atom stereocenters. The van der Waals surface area contributed by atoms with Gasteiger partial charge < -0.3 is 9.55 Å². The lowest BCUT2D eigenvalue weighted by Gasteiger charge is -2.36. The zero-order chi connectivity index (χ0) is 13.2. The molecule has 1 heterocycles. The summed E-state index contributed by atoms with van der Waals surface area (Å²) in [6.07, 6.45) is 11.2. The van der Waals surface area contributed by atoms with Gasteiger partial charge in [-0.25, -0.2) is 0 Å². The molecule has 1 aromatic heterocycles. The SMILES string of the molecule is CSC1(Cn2c(C(C)C)c[nH]c2=S)CCCCC1. The molecule has 0 unspecified atom stereocenters. The Morgan fingerprint density at radius 2 is 2.06 bits per heavy atom. The second-order valence-electron chi connectivity index (χ2n) is 5.71. The van der Waals surface area contributed by atoms with E-state index in [0.29, 0.717) is 10.7 Å². The van der Waals surface area contributed by atoms with Crippen molar-refractivity contribution >= 4 is 24.0 Å². The molecule has 1 aliphatic carbocycles. The first-order chi connectivity index (χ1) is 8.58. The summed E-state index contributed by atoms with van der Waals surface area (Å²) >= 11 is 7.50. The van der Waals surface area contributed by atoms with Crippen molar-refractivity contribution in [1.29, 1.82) is 0 Å². The van der Waals surface area contributed by atoms with Crippen LogP contribution < -0.4 is 0 Å². The Labute approximate surface area is 120 Å². The van der Waals surface area contributed by atoms with Crippen molar-refractivity contribution in [1.82, 2.24) is 9.55 Å². The van der Waals surface area contributed by atoms with Crippen LogP contribution in [0.3, 0.4) is 0 Å². The summed E-state index contributed by atoms with van der Waals surface area (Å²) in [5.74, 6) is 0.528. The van der Waals surface area contributed by atoms with Crippen molar-refractivity contribution in [3.8, 4) is 0 Å². The van der Waals surface area contributed by atoms with Gasteiger partial charge in [0.1, 0.15) is 0 Å². The van der Waals surface area contributed by atoms with Crippen LogP contribution in [0, 0.1) is 4.77 Å². The van der Waals surface area contributed by atoms with Gasteiger partial charge in [-0.1, -0.05) is 33.1 Å². The minimum atomic E-state index is 0.405. The highest BCUT2D eigenvalue weighted by molar-refractivity contribution is 8.00. The van der Waals surface area contributed by atoms with Gasteiger partial charge in [0.25, 0.3) is 0 Å². The first-order valence-electron chi connectivity index (χ1n) is 6.91. The average molecular weight is 284 g/mol. The van der Waals surface area contributed by atoms with Gasteiger partial charge in [-0.2, -0.15) is 11.8 Å². The molecule has 102 valence electrons. The summed E-state index contributed by atoms with van der Waals surface area (Å²) in [5, 5.41) is 0. The maximum atomic E-state index is 5.46. The maximum Gasteiger partial charge on any atom is 0.177 e.